The summed E-state index contributed by atoms with van der Waals surface area (Å²) < 4.78 is 10.9. The van der Waals surface area contributed by atoms with E-state index in [4.69, 9.17) is 9.47 Å². The van der Waals surface area contributed by atoms with E-state index in [1.807, 2.05) is 6.92 Å². The van der Waals surface area contributed by atoms with Crippen LogP contribution >= 0.6 is 0 Å². The van der Waals surface area contributed by atoms with Crippen LogP contribution in [0.2, 0.25) is 0 Å². The van der Waals surface area contributed by atoms with Crippen LogP contribution in [-0.2, 0) is 9.47 Å². The average molecular weight is 265 g/mol. The third-order valence-electron chi connectivity index (χ3n) is 3.07. The number of aryl methyl sites for hydroxylation is 2. The zero-order valence-corrected chi connectivity index (χ0v) is 11.5. The third-order valence-corrected chi connectivity index (χ3v) is 3.07. The van der Waals surface area contributed by atoms with Crippen molar-refractivity contribution >= 4 is 5.91 Å². The van der Waals surface area contributed by atoms with E-state index in [2.05, 4.69) is 15.3 Å². The van der Waals surface area contributed by atoms with Gasteiger partial charge in [0.15, 0.2) is 0 Å². The molecule has 2 atom stereocenters. The Bertz CT molecular complexity index is 464. The minimum atomic E-state index is -0.183. The van der Waals surface area contributed by atoms with Gasteiger partial charge in [0.05, 0.1) is 30.5 Å². The lowest BCUT2D eigenvalue weighted by Crippen LogP contribution is -2.44. The van der Waals surface area contributed by atoms with Gasteiger partial charge >= 0.3 is 0 Å². The summed E-state index contributed by atoms with van der Waals surface area (Å²) >= 11 is 0. The fourth-order valence-electron chi connectivity index (χ4n) is 2.10. The van der Waals surface area contributed by atoms with Crippen LogP contribution in [0.3, 0.4) is 0 Å². The first-order valence-electron chi connectivity index (χ1n) is 6.42. The molecule has 0 unspecified atom stereocenters. The van der Waals surface area contributed by atoms with E-state index in [1.54, 1.807) is 20.0 Å². The topological polar surface area (TPSA) is 73.3 Å². The summed E-state index contributed by atoms with van der Waals surface area (Å²) in [7, 11) is 0. The second kappa shape index (κ2) is 6.08. The summed E-state index contributed by atoms with van der Waals surface area (Å²) in [5, 5.41) is 2.92. The van der Waals surface area contributed by atoms with Crippen LogP contribution in [0.5, 0.6) is 0 Å². The highest BCUT2D eigenvalue weighted by molar-refractivity contribution is 5.95. The Labute approximate surface area is 112 Å². The van der Waals surface area contributed by atoms with Crippen molar-refractivity contribution in [1.29, 1.82) is 0 Å². The predicted octanol–water partition coefficient (Wildman–Crippen LogP) is 0.627. The normalized spacial score (nSPS) is 22.5. The molecule has 104 valence electrons. The molecular weight excluding hydrogens is 246 g/mol. The lowest BCUT2D eigenvalue weighted by atomic mass is 10.1. The second-order valence-corrected chi connectivity index (χ2v) is 4.53. The maximum atomic E-state index is 12.2. The molecule has 0 aromatic carbocycles. The van der Waals surface area contributed by atoms with Gasteiger partial charge in [0, 0.05) is 12.8 Å². The molecule has 1 aliphatic rings. The van der Waals surface area contributed by atoms with Gasteiger partial charge in [0.1, 0.15) is 11.9 Å². The largest absolute Gasteiger partial charge is 0.376 e. The Balaban J connectivity index is 2.04. The first-order valence-corrected chi connectivity index (χ1v) is 6.42. The first-order chi connectivity index (χ1) is 9.11. The predicted molar refractivity (Wildman–Crippen MR) is 69.0 cm³/mol. The summed E-state index contributed by atoms with van der Waals surface area (Å²) in [5.41, 5.74) is 1.17. The molecule has 1 fully saturated rings. The molecule has 0 radical (unpaired) electrons. The summed E-state index contributed by atoms with van der Waals surface area (Å²) in [6, 6.07) is -0.117. The van der Waals surface area contributed by atoms with Gasteiger partial charge in [0.25, 0.3) is 5.91 Å². The minimum absolute atomic E-state index is 0.0828. The zero-order chi connectivity index (χ0) is 13.8. The van der Waals surface area contributed by atoms with Crippen LogP contribution < -0.4 is 5.32 Å². The molecule has 6 nitrogen and oxygen atoms in total. The van der Waals surface area contributed by atoms with Gasteiger partial charge in [-0.3, -0.25) is 4.79 Å². The van der Waals surface area contributed by atoms with Crippen molar-refractivity contribution in [2.24, 2.45) is 0 Å². The molecule has 0 aliphatic carbocycles. The number of hydrogen-bond donors (Lipinski definition) is 1. The number of nitrogens with one attached hydrogen (secondary N) is 1. The lowest BCUT2D eigenvalue weighted by molar-refractivity contribution is 0.0402. The van der Waals surface area contributed by atoms with Crippen LogP contribution in [0.4, 0.5) is 0 Å². The molecule has 1 saturated heterocycles. The Morgan fingerprint density at radius 1 is 1.53 bits per heavy atom. The molecule has 2 heterocycles. The summed E-state index contributed by atoms with van der Waals surface area (Å²) in [6.45, 7) is 7.12. The zero-order valence-electron chi connectivity index (χ0n) is 11.5. The smallest absolute Gasteiger partial charge is 0.255 e. The van der Waals surface area contributed by atoms with Gasteiger partial charge in [0.2, 0.25) is 0 Å². The number of aromatic nitrogens is 2. The van der Waals surface area contributed by atoms with Gasteiger partial charge in [-0.2, -0.15) is 0 Å². The van der Waals surface area contributed by atoms with E-state index in [1.165, 1.54) is 0 Å². The van der Waals surface area contributed by atoms with E-state index < -0.39 is 0 Å². The molecule has 0 saturated carbocycles. The van der Waals surface area contributed by atoms with Crippen molar-refractivity contribution in [3.8, 4) is 0 Å². The number of amides is 1. The quantitative estimate of drug-likeness (QED) is 0.864. The molecule has 2 rings (SSSR count). The number of carbonyl (C=O) groups is 1. The standard InChI is InChI=1S/C13H19N3O3/c1-4-19-12-7-18-6-11(12)16-13(17)10-5-14-9(3)15-8(10)2/h5,11-12H,4,6-7H2,1-3H3,(H,16,17)/t11-,12-/m0/s1. The van der Waals surface area contributed by atoms with Crippen molar-refractivity contribution in [2.45, 2.75) is 32.9 Å². The Morgan fingerprint density at radius 2 is 2.32 bits per heavy atom. The second-order valence-electron chi connectivity index (χ2n) is 4.53. The molecule has 0 spiro atoms. The van der Waals surface area contributed by atoms with Gasteiger partial charge in [-0.1, -0.05) is 0 Å². The van der Waals surface area contributed by atoms with E-state index in [0.29, 0.717) is 36.9 Å². The number of hydrogen-bond acceptors (Lipinski definition) is 5. The highest BCUT2D eigenvalue weighted by Crippen LogP contribution is 2.11. The van der Waals surface area contributed by atoms with Crippen molar-refractivity contribution < 1.29 is 14.3 Å². The van der Waals surface area contributed by atoms with Gasteiger partial charge < -0.3 is 14.8 Å². The Kier molecular flexibility index (Phi) is 4.44. The number of ether oxygens (including phenoxy) is 2. The van der Waals surface area contributed by atoms with E-state index >= 15 is 0 Å². The first kappa shape index (κ1) is 13.9. The average Bonchev–Trinajstić information content (AvgIpc) is 2.77. The maximum Gasteiger partial charge on any atom is 0.255 e. The number of nitrogens with zero attached hydrogens (tertiary/aromatic N) is 2. The van der Waals surface area contributed by atoms with Crippen LogP contribution in [-0.4, -0.2) is 47.8 Å². The van der Waals surface area contributed by atoms with Crippen LogP contribution in [0.25, 0.3) is 0 Å². The highest BCUT2D eigenvalue weighted by atomic mass is 16.5. The van der Waals surface area contributed by atoms with E-state index in [9.17, 15) is 4.79 Å². The Hall–Kier alpha value is -1.53. The van der Waals surface area contributed by atoms with Crippen molar-refractivity contribution in [3.63, 3.8) is 0 Å². The molecule has 19 heavy (non-hydrogen) atoms. The van der Waals surface area contributed by atoms with Crippen LogP contribution in [0.15, 0.2) is 6.20 Å². The molecule has 1 aromatic rings. The third kappa shape index (κ3) is 3.27. The molecule has 6 heteroatoms. The molecule has 1 N–H and O–H groups in total. The SMILES string of the molecule is CCO[C@H]1COC[C@@H]1NC(=O)c1cnc(C)nc1C. The highest BCUT2D eigenvalue weighted by Gasteiger charge is 2.30. The fraction of sp³-hybridized carbons (Fsp3) is 0.615. The molecular formula is C13H19N3O3. The van der Waals surface area contributed by atoms with Crippen LogP contribution in [0, 0.1) is 13.8 Å². The maximum absolute atomic E-state index is 12.2. The summed E-state index contributed by atoms with van der Waals surface area (Å²) in [6.07, 6.45) is 1.47. The molecule has 1 aliphatic heterocycles. The Morgan fingerprint density at radius 3 is 3.00 bits per heavy atom. The molecule has 1 amide bonds. The van der Waals surface area contributed by atoms with Gasteiger partial charge in [-0.05, 0) is 20.8 Å². The summed E-state index contributed by atoms with van der Waals surface area (Å²) in [5.74, 6) is 0.475. The van der Waals surface area contributed by atoms with Crippen molar-refractivity contribution in [3.05, 3.63) is 23.3 Å². The van der Waals surface area contributed by atoms with E-state index in [-0.39, 0.29) is 18.1 Å². The minimum Gasteiger partial charge on any atom is -0.376 e. The van der Waals surface area contributed by atoms with Crippen LogP contribution in [0.1, 0.15) is 28.8 Å². The number of rotatable bonds is 4. The number of carbonyl (C=O) groups excluding carboxylic acids is 1. The lowest BCUT2D eigenvalue weighted by Gasteiger charge is -2.19. The summed E-state index contributed by atoms with van der Waals surface area (Å²) in [4.78, 5) is 20.4. The fourth-order valence-corrected chi connectivity index (χ4v) is 2.10. The van der Waals surface area contributed by atoms with Crippen molar-refractivity contribution in [2.75, 3.05) is 19.8 Å². The van der Waals surface area contributed by atoms with Gasteiger partial charge in [-0.25, -0.2) is 9.97 Å². The monoisotopic (exact) mass is 265 g/mol. The molecule has 1 aromatic heterocycles. The molecule has 0 bridgehead atoms. The van der Waals surface area contributed by atoms with Gasteiger partial charge in [-0.15, -0.1) is 0 Å². The van der Waals surface area contributed by atoms with Crippen molar-refractivity contribution in [1.82, 2.24) is 15.3 Å². The van der Waals surface area contributed by atoms with E-state index in [0.717, 1.165) is 0 Å².